The maximum absolute atomic E-state index is 12.1. The van der Waals surface area contributed by atoms with Gasteiger partial charge in [0.25, 0.3) is 0 Å². The fourth-order valence-corrected chi connectivity index (χ4v) is 1.89. The van der Waals surface area contributed by atoms with Crippen LogP contribution in [0.15, 0.2) is 16.9 Å². The Labute approximate surface area is 122 Å². The van der Waals surface area contributed by atoms with Gasteiger partial charge in [0, 0.05) is 19.5 Å². The molecule has 8 nitrogen and oxygen atoms in total. The van der Waals surface area contributed by atoms with E-state index in [0.29, 0.717) is 24.7 Å². The first-order valence-electron chi connectivity index (χ1n) is 6.69. The third-order valence-corrected chi connectivity index (χ3v) is 3.11. The van der Waals surface area contributed by atoms with E-state index in [0.717, 1.165) is 5.82 Å². The molecule has 0 bridgehead atoms. The summed E-state index contributed by atoms with van der Waals surface area (Å²) in [5, 5.41) is 6.58. The van der Waals surface area contributed by atoms with Crippen LogP contribution < -0.4 is 5.32 Å². The van der Waals surface area contributed by atoms with E-state index in [4.69, 9.17) is 9.26 Å². The van der Waals surface area contributed by atoms with Gasteiger partial charge in [-0.25, -0.2) is 4.98 Å². The highest BCUT2D eigenvalue weighted by molar-refractivity contribution is 5.79. The summed E-state index contributed by atoms with van der Waals surface area (Å²) in [7, 11) is 1.61. The van der Waals surface area contributed by atoms with Crippen LogP contribution in [-0.4, -0.2) is 39.3 Å². The van der Waals surface area contributed by atoms with Gasteiger partial charge in [0.15, 0.2) is 5.82 Å². The Balaban J connectivity index is 1.86. The van der Waals surface area contributed by atoms with Crippen molar-refractivity contribution in [3.63, 3.8) is 0 Å². The van der Waals surface area contributed by atoms with Gasteiger partial charge in [-0.1, -0.05) is 5.16 Å². The molecule has 114 valence electrons. The molecule has 2 rings (SSSR count). The van der Waals surface area contributed by atoms with Crippen molar-refractivity contribution in [2.45, 2.75) is 32.9 Å². The molecule has 2 aromatic heterocycles. The van der Waals surface area contributed by atoms with E-state index in [1.807, 2.05) is 13.8 Å². The zero-order valence-corrected chi connectivity index (χ0v) is 12.4. The van der Waals surface area contributed by atoms with E-state index in [-0.39, 0.29) is 18.5 Å². The Bertz CT molecular complexity index is 592. The highest BCUT2D eigenvalue weighted by Gasteiger charge is 2.16. The molecule has 0 aliphatic rings. The Hall–Kier alpha value is -2.22. The lowest BCUT2D eigenvalue weighted by molar-refractivity contribution is -0.124. The first-order valence-corrected chi connectivity index (χ1v) is 6.69. The molecule has 1 amide bonds. The maximum Gasteiger partial charge on any atom is 0.243 e. The van der Waals surface area contributed by atoms with Crippen LogP contribution in [0, 0.1) is 6.92 Å². The molecule has 2 heterocycles. The number of hydrogen-bond acceptors (Lipinski definition) is 6. The number of carbonyl (C=O) groups is 1. The molecule has 1 N–H and O–H groups in total. The number of imidazole rings is 1. The molecule has 0 aliphatic carbocycles. The molecule has 1 atom stereocenters. The van der Waals surface area contributed by atoms with Crippen LogP contribution in [-0.2, 0) is 22.5 Å². The topological polar surface area (TPSA) is 95.1 Å². The van der Waals surface area contributed by atoms with Crippen molar-refractivity contribution in [2.24, 2.45) is 0 Å². The van der Waals surface area contributed by atoms with Crippen LogP contribution in [0.2, 0.25) is 0 Å². The molecule has 21 heavy (non-hydrogen) atoms. The minimum Gasteiger partial charge on any atom is -0.384 e. The fraction of sp³-hybridized carbons (Fsp3) is 0.538. The summed E-state index contributed by atoms with van der Waals surface area (Å²) in [6.07, 6.45) is 4.00. The summed E-state index contributed by atoms with van der Waals surface area (Å²) in [5.41, 5.74) is 0. The quantitative estimate of drug-likeness (QED) is 0.805. The molecule has 0 saturated carbocycles. The van der Waals surface area contributed by atoms with Crippen molar-refractivity contribution >= 4 is 5.91 Å². The van der Waals surface area contributed by atoms with Crippen LogP contribution in [0.3, 0.4) is 0 Å². The van der Waals surface area contributed by atoms with Gasteiger partial charge in [0.05, 0.1) is 19.6 Å². The van der Waals surface area contributed by atoms with Gasteiger partial charge in [0.2, 0.25) is 11.8 Å². The van der Waals surface area contributed by atoms with Crippen molar-refractivity contribution in [1.29, 1.82) is 0 Å². The molecular weight excluding hydrogens is 274 g/mol. The highest BCUT2D eigenvalue weighted by Crippen LogP contribution is 2.08. The molecular formula is C13H19N5O3. The SMILES string of the molecule is COCCc1nc(CNC(=O)C(C)n2ccnc2C)no1. The zero-order valence-electron chi connectivity index (χ0n) is 12.4. The number of aromatic nitrogens is 4. The summed E-state index contributed by atoms with van der Waals surface area (Å²) in [6, 6.07) is -0.340. The van der Waals surface area contributed by atoms with E-state index in [9.17, 15) is 4.79 Å². The predicted molar refractivity (Wildman–Crippen MR) is 73.4 cm³/mol. The third-order valence-electron chi connectivity index (χ3n) is 3.11. The largest absolute Gasteiger partial charge is 0.384 e. The molecule has 1 unspecified atom stereocenters. The molecule has 0 saturated heterocycles. The molecule has 0 radical (unpaired) electrons. The van der Waals surface area contributed by atoms with Gasteiger partial charge < -0.3 is 19.1 Å². The smallest absolute Gasteiger partial charge is 0.243 e. The summed E-state index contributed by atoms with van der Waals surface area (Å²) < 4.78 is 11.8. The number of carbonyl (C=O) groups excluding carboxylic acids is 1. The number of nitrogens with zero attached hydrogens (tertiary/aromatic N) is 4. The van der Waals surface area contributed by atoms with Crippen LogP contribution in [0.25, 0.3) is 0 Å². The fourth-order valence-electron chi connectivity index (χ4n) is 1.89. The first-order chi connectivity index (χ1) is 10.1. The molecule has 0 spiro atoms. The molecule has 0 fully saturated rings. The molecule has 0 aromatic carbocycles. The van der Waals surface area contributed by atoms with E-state index in [2.05, 4.69) is 20.4 Å². The lowest BCUT2D eigenvalue weighted by atomic mass is 10.3. The van der Waals surface area contributed by atoms with Crippen molar-refractivity contribution in [1.82, 2.24) is 25.0 Å². The number of nitrogens with one attached hydrogen (secondary N) is 1. The van der Waals surface area contributed by atoms with Crippen molar-refractivity contribution < 1.29 is 14.1 Å². The second kappa shape index (κ2) is 6.98. The summed E-state index contributed by atoms with van der Waals surface area (Å²) in [4.78, 5) is 20.3. The summed E-state index contributed by atoms with van der Waals surface area (Å²) in [6.45, 7) is 4.41. The van der Waals surface area contributed by atoms with Crippen molar-refractivity contribution in [3.8, 4) is 0 Å². The Morgan fingerprint density at radius 2 is 2.38 bits per heavy atom. The van der Waals surface area contributed by atoms with E-state index >= 15 is 0 Å². The van der Waals surface area contributed by atoms with Crippen molar-refractivity contribution in [3.05, 3.63) is 29.9 Å². The minimum absolute atomic E-state index is 0.126. The van der Waals surface area contributed by atoms with E-state index in [1.165, 1.54) is 0 Å². The second-order valence-corrected chi connectivity index (χ2v) is 4.62. The molecule has 2 aromatic rings. The van der Waals surface area contributed by atoms with Crippen LogP contribution in [0.1, 0.15) is 30.5 Å². The summed E-state index contributed by atoms with van der Waals surface area (Å²) >= 11 is 0. The standard InChI is InChI=1S/C13H19N5O3/c1-9(18-6-5-14-10(18)2)13(19)15-8-11-16-12(21-17-11)4-7-20-3/h5-6,9H,4,7-8H2,1-3H3,(H,15,19). The highest BCUT2D eigenvalue weighted by atomic mass is 16.5. The van der Waals surface area contributed by atoms with Crippen LogP contribution in [0.4, 0.5) is 0 Å². The Kier molecular flexibility index (Phi) is 5.04. The number of aryl methyl sites for hydroxylation is 1. The molecule has 0 aliphatic heterocycles. The normalized spacial score (nSPS) is 12.3. The Morgan fingerprint density at radius 3 is 3.05 bits per heavy atom. The van der Waals surface area contributed by atoms with E-state index < -0.39 is 0 Å². The van der Waals surface area contributed by atoms with Gasteiger partial charge in [-0.3, -0.25) is 4.79 Å². The van der Waals surface area contributed by atoms with Crippen LogP contribution >= 0.6 is 0 Å². The average molecular weight is 293 g/mol. The number of methoxy groups -OCH3 is 1. The van der Waals surface area contributed by atoms with Gasteiger partial charge in [0.1, 0.15) is 11.9 Å². The average Bonchev–Trinajstić information content (AvgIpc) is 3.10. The Morgan fingerprint density at radius 1 is 1.57 bits per heavy atom. The zero-order chi connectivity index (χ0) is 15.2. The number of hydrogen-bond donors (Lipinski definition) is 1. The van der Waals surface area contributed by atoms with Gasteiger partial charge in [-0.15, -0.1) is 0 Å². The third kappa shape index (κ3) is 3.88. The van der Waals surface area contributed by atoms with Gasteiger partial charge >= 0.3 is 0 Å². The van der Waals surface area contributed by atoms with E-state index in [1.54, 1.807) is 24.1 Å². The van der Waals surface area contributed by atoms with Gasteiger partial charge in [-0.05, 0) is 13.8 Å². The second-order valence-electron chi connectivity index (χ2n) is 4.62. The lowest BCUT2D eigenvalue weighted by Crippen LogP contribution is -2.31. The monoisotopic (exact) mass is 293 g/mol. The lowest BCUT2D eigenvalue weighted by Gasteiger charge is -2.14. The number of amides is 1. The number of rotatable bonds is 7. The van der Waals surface area contributed by atoms with Crippen LogP contribution in [0.5, 0.6) is 0 Å². The van der Waals surface area contributed by atoms with Crippen molar-refractivity contribution in [2.75, 3.05) is 13.7 Å². The summed E-state index contributed by atoms with van der Waals surface area (Å²) in [5.74, 6) is 1.61. The maximum atomic E-state index is 12.1. The minimum atomic E-state index is -0.340. The predicted octanol–water partition coefficient (Wildman–Crippen LogP) is 0.641. The number of ether oxygens (including phenoxy) is 1. The van der Waals surface area contributed by atoms with Gasteiger partial charge in [-0.2, -0.15) is 4.98 Å². The molecule has 8 heteroatoms. The first kappa shape index (κ1) is 15.2.